The van der Waals surface area contributed by atoms with E-state index in [0.29, 0.717) is 16.1 Å². The minimum atomic E-state index is -0.396. The molecule has 114 valence electrons. The molecule has 0 amide bonds. The van der Waals surface area contributed by atoms with Crippen molar-refractivity contribution in [3.63, 3.8) is 0 Å². The Balaban J connectivity index is 2.61. The highest BCUT2D eigenvalue weighted by atomic mass is 127. The van der Waals surface area contributed by atoms with Gasteiger partial charge in [0.25, 0.3) is 0 Å². The van der Waals surface area contributed by atoms with Crippen LogP contribution in [-0.2, 0) is 10.2 Å². The average Bonchev–Trinajstić information content (AvgIpc) is 2.82. The van der Waals surface area contributed by atoms with Crippen molar-refractivity contribution < 1.29 is 9.53 Å². The number of carbonyl (C=O) groups is 1. The first kappa shape index (κ1) is 17.0. The Labute approximate surface area is 148 Å². The molecule has 0 saturated carbocycles. The van der Waals surface area contributed by atoms with Gasteiger partial charge >= 0.3 is 5.97 Å². The molecular formula is C17H16INO2S. The predicted molar refractivity (Wildman–Crippen MR) is 98.8 cm³/mol. The summed E-state index contributed by atoms with van der Waals surface area (Å²) < 4.78 is 5.66. The van der Waals surface area contributed by atoms with E-state index in [2.05, 4.69) is 60.3 Å². The third kappa shape index (κ3) is 3.18. The maximum atomic E-state index is 12.0. The van der Waals surface area contributed by atoms with Gasteiger partial charge in [0, 0.05) is 5.56 Å². The molecule has 0 N–H and O–H groups in total. The molecule has 2 rings (SSSR count). The van der Waals surface area contributed by atoms with Crippen LogP contribution in [0.25, 0.3) is 16.0 Å². The van der Waals surface area contributed by atoms with Crippen LogP contribution in [0.1, 0.15) is 36.0 Å². The minimum absolute atomic E-state index is 0.0649. The van der Waals surface area contributed by atoms with Gasteiger partial charge in [-0.25, -0.2) is 9.64 Å². The zero-order valence-electron chi connectivity index (χ0n) is 12.9. The molecule has 1 aromatic heterocycles. The van der Waals surface area contributed by atoms with Crippen LogP contribution < -0.4 is 0 Å². The first-order valence-corrected chi connectivity index (χ1v) is 8.58. The van der Waals surface area contributed by atoms with E-state index in [-0.39, 0.29) is 5.41 Å². The van der Waals surface area contributed by atoms with Crippen molar-refractivity contribution in [2.75, 3.05) is 7.11 Å². The van der Waals surface area contributed by atoms with E-state index in [1.165, 1.54) is 24.0 Å². The number of esters is 1. The second-order valence-corrected chi connectivity index (χ2v) is 8.69. The van der Waals surface area contributed by atoms with Crippen LogP contribution in [0.5, 0.6) is 0 Å². The summed E-state index contributed by atoms with van der Waals surface area (Å²) >= 11 is 3.40. The quantitative estimate of drug-likeness (QED) is 0.354. The molecular weight excluding hydrogens is 409 g/mol. The first-order chi connectivity index (χ1) is 10.3. The smallest absolute Gasteiger partial charge is 0.347 e. The second-order valence-electron chi connectivity index (χ2n) is 5.86. The van der Waals surface area contributed by atoms with Crippen LogP contribution in [0.15, 0.2) is 24.3 Å². The van der Waals surface area contributed by atoms with Gasteiger partial charge in [-0.15, -0.1) is 11.3 Å². The molecule has 22 heavy (non-hydrogen) atoms. The third-order valence-corrected chi connectivity index (χ3v) is 5.48. The molecule has 1 heterocycles. The van der Waals surface area contributed by atoms with Gasteiger partial charge in [0.15, 0.2) is 0 Å². The van der Waals surface area contributed by atoms with Crippen molar-refractivity contribution >= 4 is 45.6 Å². The summed E-state index contributed by atoms with van der Waals surface area (Å²) in [4.78, 5) is 16.1. The molecule has 0 bridgehead atoms. The van der Waals surface area contributed by atoms with Gasteiger partial charge in [-0.05, 0) is 39.1 Å². The number of halogens is 1. The van der Waals surface area contributed by atoms with E-state index < -0.39 is 5.97 Å². The van der Waals surface area contributed by atoms with E-state index in [1.807, 2.05) is 12.1 Å². The molecule has 2 aromatic rings. The second kappa shape index (κ2) is 6.39. The molecule has 0 atom stereocenters. The maximum absolute atomic E-state index is 12.0. The number of ether oxygens (including phenoxy) is 1. The van der Waals surface area contributed by atoms with E-state index in [1.54, 1.807) is 0 Å². The molecule has 3 nitrogen and oxygen atoms in total. The summed E-state index contributed by atoms with van der Waals surface area (Å²) in [5, 5.41) is 0. The summed E-state index contributed by atoms with van der Waals surface area (Å²) in [5.74, 6) is -0.396. The van der Waals surface area contributed by atoms with Crippen molar-refractivity contribution in [1.82, 2.24) is 0 Å². The highest BCUT2D eigenvalue weighted by Gasteiger charge is 2.24. The lowest BCUT2D eigenvalue weighted by atomic mass is 9.86. The number of benzene rings is 1. The summed E-state index contributed by atoms with van der Waals surface area (Å²) in [5.41, 5.74) is 3.35. The van der Waals surface area contributed by atoms with E-state index in [9.17, 15) is 4.79 Å². The van der Waals surface area contributed by atoms with E-state index in [0.717, 1.165) is 8.45 Å². The topological polar surface area (TPSA) is 30.7 Å². The van der Waals surface area contributed by atoms with E-state index >= 15 is 0 Å². The summed E-state index contributed by atoms with van der Waals surface area (Å²) in [7, 11) is 1.36. The lowest BCUT2D eigenvalue weighted by molar-refractivity contribution is 0.0607. The Morgan fingerprint density at radius 3 is 2.32 bits per heavy atom. The highest BCUT2D eigenvalue weighted by Crippen LogP contribution is 2.44. The Morgan fingerprint density at radius 1 is 1.27 bits per heavy atom. The van der Waals surface area contributed by atoms with Gasteiger partial charge in [-0.1, -0.05) is 45.0 Å². The van der Waals surface area contributed by atoms with Crippen molar-refractivity contribution in [2.24, 2.45) is 0 Å². The lowest BCUT2D eigenvalue weighted by Crippen LogP contribution is -2.10. The SMILES string of the molecule is [C-]#[N+]c1c(I)sc(C(=O)OC)c1-c1ccc(C(C)(C)C)cc1. The number of methoxy groups -OCH3 is 1. The average molecular weight is 425 g/mol. The summed E-state index contributed by atoms with van der Waals surface area (Å²) in [6, 6.07) is 8.04. The number of nitrogens with zero attached hydrogens (tertiary/aromatic N) is 1. The van der Waals surface area contributed by atoms with Gasteiger partial charge in [0.05, 0.1) is 16.6 Å². The Morgan fingerprint density at radius 2 is 1.86 bits per heavy atom. The third-order valence-electron chi connectivity index (χ3n) is 3.36. The molecule has 1 aromatic carbocycles. The Hall–Kier alpha value is -1.39. The van der Waals surface area contributed by atoms with E-state index in [4.69, 9.17) is 11.3 Å². The van der Waals surface area contributed by atoms with Crippen LogP contribution in [0, 0.1) is 9.46 Å². The number of hydrogen-bond donors (Lipinski definition) is 0. The Kier molecular flexibility index (Phi) is 4.93. The molecule has 0 spiro atoms. The Bertz CT molecular complexity index is 749. The fourth-order valence-corrected chi connectivity index (χ4v) is 4.09. The molecule has 0 fully saturated rings. The minimum Gasteiger partial charge on any atom is -0.465 e. The largest absolute Gasteiger partial charge is 0.465 e. The molecule has 5 heteroatoms. The van der Waals surface area contributed by atoms with Gasteiger partial charge in [-0.2, -0.15) is 0 Å². The first-order valence-electron chi connectivity index (χ1n) is 6.68. The highest BCUT2D eigenvalue weighted by molar-refractivity contribution is 14.1. The van der Waals surface area contributed by atoms with Crippen LogP contribution in [0.3, 0.4) is 0 Å². The lowest BCUT2D eigenvalue weighted by Gasteiger charge is -2.19. The molecule has 0 unspecified atom stereocenters. The standard InChI is InChI=1S/C17H16INO2S/c1-17(2,3)11-8-6-10(7-9-11)12-13(19-4)15(18)22-14(12)16(20)21-5/h6-9H,1-3,5H3. The van der Waals surface area contributed by atoms with Crippen LogP contribution in [0.2, 0.25) is 0 Å². The van der Waals surface area contributed by atoms with Crippen molar-refractivity contribution in [3.8, 4) is 11.1 Å². The van der Waals surface area contributed by atoms with Crippen LogP contribution >= 0.6 is 33.9 Å². The number of thiophene rings is 1. The van der Waals surface area contributed by atoms with Crippen LogP contribution in [-0.4, -0.2) is 13.1 Å². The molecule has 0 saturated heterocycles. The molecule has 0 aliphatic carbocycles. The van der Waals surface area contributed by atoms with Crippen LogP contribution in [0.4, 0.5) is 5.69 Å². The summed E-state index contributed by atoms with van der Waals surface area (Å²) in [6.07, 6.45) is 0. The zero-order valence-corrected chi connectivity index (χ0v) is 15.8. The van der Waals surface area contributed by atoms with Crippen molar-refractivity contribution in [3.05, 3.63) is 49.0 Å². The maximum Gasteiger partial charge on any atom is 0.347 e. The number of rotatable bonds is 2. The number of carbonyl (C=O) groups excluding carboxylic acids is 1. The number of hydrogen-bond acceptors (Lipinski definition) is 3. The van der Waals surface area contributed by atoms with Gasteiger partial charge in [-0.3, -0.25) is 0 Å². The molecule has 0 radical (unpaired) electrons. The van der Waals surface area contributed by atoms with Crippen molar-refractivity contribution in [1.29, 1.82) is 0 Å². The zero-order chi connectivity index (χ0) is 16.5. The van der Waals surface area contributed by atoms with Gasteiger partial charge in [0.2, 0.25) is 5.69 Å². The van der Waals surface area contributed by atoms with Crippen molar-refractivity contribution in [2.45, 2.75) is 26.2 Å². The monoisotopic (exact) mass is 425 g/mol. The predicted octanol–water partition coefficient (Wildman–Crippen LogP) is 5.65. The fraction of sp³-hybridized carbons (Fsp3) is 0.294. The normalized spacial score (nSPS) is 11.1. The summed E-state index contributed by atoms with van der Waals surface area (Å²) in [6.45, 7) is 13.9. The van der Waals surface area contributed by atoms with Gasteiger partial charge < -0.3 is 4.74 Å². The molecule has 0 aliphatic heterocycles. The molecule has 0 aliphatic rings. The fourth-order valence-electron chi connectivity index (χ4n) is 2.14. The van der Waals surface area contributed by atoms with Gasteiger partial charge in [0.1, 0.15) is 4.88 Å².